The average molecular weight is 458 g/mol. The van der Waals surface area contributed by atoms with Gasteiger partial charge in [0.05, 0.1) is 11.4 Å². The van der Waals surface area contributed by atoms with E-state index in [1.54, 1.807) is 0 Å². The fraction of sp³-hybridized carbons (Fsp3) is 0.0968. The highest BCUT2D eigenvalue weighted by Gasteiger charge is 2.17. The third-order valence-corrected chi connectivity index (χ3v) is 6.24. The van der Waals surface area contributed by atoms with E-state index in [1.807, 2.05) is 66.2 Å². The predicted octanol–water partition coefficient (Wildman–Crippen LogP) is 7.38. The number of nitrogens with zero attached hydrogens (tertiary/aromatic N) is 2. The summed E-state index contributed by atoms with van der Waals surface area (Å²) in [6, 6.07) is 34.6. The summed E-state index contributed by atoms with van der Waals surface area (Å²) in [6.07, 6.45) is 0. The standard InChI is InChI=1S/C31H27N3O/c1-21-8-7-11-28(18-21)34-30(26-15-13-25(14-16-26)24-9-5-4-6-10-24)20-29(33-34)31(35)32-27-17-12-22(2)23(3)19-27/h4-20H,1-3H3,(H,32,35). The molecule has 0 spiro atoms. The summed E-state index contributed by atoms with van der Waals surface area (Å²) >= 11 is 0. The topological polar surface area (TPSA) is 46.9 Å². The zero-order valence-corrected chi connectivity index (χ0v) is 20.1. The molecule has 0 aliphatic carbocycles. The third kappa shape index (κ3) is 4.78. The number of hydrogen-bond acceptors (Lipinski definition) is 2. The summed E-state index contributed by atoms with van der Waals surface area (Å²) in [5, 5.41) is 7.72. The summed E-state index contributed by atoms with van der Waals surface area (Å²) in [5.74, 6) is -0.234. The first-order valence-electron chi connectivity index (χ1n) is 11.7. The van der Waals surface area contributed by atoms with E-state index >= 15 is 0 Å². The quantitative estimate of drug-likeness (QED) is 0.299. The van der Waals surface area contributed by atoms with Crippen molar-refractivity contribution in [2.24, 2.45) is 0 Å². The number of carbonyl (C=O) groups is 1. The molecule has 0 radical (unpaired) electrons. The van der Waals surface area contributed by atoms with Crippen LogP contribution in [0, 0.1) is 20.8 Å². The molecule has 0 bridgehead atoms. The van der Waals surface area contributed by atoms with Crippen molar-refractivity contribution in [3.8, 4) is 28.1 Å². The van der Waals surface area contributed by atoms with Crippen LogP contribution in [0.15, 0.2) is 103 Å². The van der Waals surface area contributed by atoms with Crippen molar-refractivity contribution in [3.63, 3.8) is 0 Å². The predicted molar refractivity (Wildman–Crippen MR) is 143 cm³/mol. The molecule has 0 aliphatic rings. The molecule has 1 amide bonds. The van der Waals surface area contributed by atoms with E-state index in [4.69, 9.17) is 5.10 Å². The number of hydrogen-bond donors (Lipinski definition) is 1. The van der Waals surface area contributed by atoms with Crippen LogP contribution >= 0.6 is 0 Å². The van der Waals surface area contributed by atoms with Crippen LogP contribution in [0.5, 0.6) is 0 Å². The molecule has 0 fully saturated rings. The Morgan fingerprint density at radius 1 is 0.686 bits per heavy atom. The molecular weight excluding hydrogens is 430 g/mol. The van der Waals surface area contributed by atoms with Crippen molar-refractivity contribution < 1.29 is 4.79 Å². The highest BCUT2D eigenvalue weighted by Crippen LogP contribution is 2.28. The third-order valence-electron chi connectivity index (χ3n) is 6.24. The molecule has 0 atom stereocenters. The van der Waals surface area contributed by atoms with Crippen LogP contribution in [0.25, 0.3) is 28.1 Å². The molecule has 4 aromatic carbocycles. The molecule has 0 unspecified atom stereocenters. The molecule has 1 aromatic heterocycles. The van der Waals surface area contributed by atoms with E-state index < -0.39 is 0 Å². The van der Waals surface area contributed by atoms with E-state index in [9.17, 15) is 4.79 Å². The fourth-order valence-corrected chi connectivity index (χ4v) is 4.13. The SMILES string of the molecule is Cc1cccc(-n2nc(C(=O)Nc3ccc(C)c(C)c3)cc2-c2ccc(-c3ccccc3)cc2)c1. The van der Waals surface area contributed by atoms with Crippen molar-refractivity contribution in [3.05, 3.63) is 126 Å². The second-order valence-corrected chi connectivity index (χ2v) is 8.86. The van der Waals surface area contributed by atoms with Gasteiger partial charge in [0, 0.05) is 11.3 Å². The van der Waals surface area contributed by atoms with Gasteiger partial charge in [0.15, 0.2) is 5.69 Å². The average Bonchev–Trinajstić information content (AvgIpc) is 3.33. The molecule has 172 valence electrons. The number of amides is 1. The highest BCUT2D eigenvalue weighted by atomic mass is 16.1. The van der Waals surface area contributed by atoms with Gasteiger partial charge in [-0.2, -0.15) is 5.10 Å². The van der Waals surface area contributed by atoms with Crippen LogP contribution in [0.2, 0.25) is 0 Å². The molecule has 0 aliphatic heterocycles. The van der Waals surface area contributed by atoms with Crippen LogP contribution in [-0.4, -0.2) is 15.7 Å². The van der Waals surface area contributed by atoms with E-state index in [0.29, 0.717) is 5.69 Å². The monoisotopic (exact) mass is 457 g/mol. The molecule has 5 rings (SSSR count). The number of rotatable bonds is 5. The zero-order valence-electron chi connectivity index (χ0n) is 20.1. The Kier molecular flexibility index (Phi) is 6.02. The van der Waals surface area contributed by atoms with E-state index in [-0.39, 0.29) is 5.91 Å². The lowest BCUT2D eigenvalue weighted by Gasteiger charge is -2.09. The van der Waals surface area contributed by atoms with Crippen molar-refractivity contribution in [1.82, 2.24) is 9.78 Å². The van der Waals surface area contributed by atoms with Gasteiger partial charge in [0.25, 0.3) is 5.91 Å². The lowest BCUT2D eigenvalue weighted by Crippen LogP contribution is -2.13. The Morgan fingerprint density at radius 2 is 1.40 bits per heavy atom. The zero-order chi connectivity index (χ0) is 24.4. The van der Waals surface area contributed by atoms with E-state index in [2.05, 4.69) is 67.7 Å². The second kappa shape index (κ2) is 9.43. The molecule has 35 heavy (non-hydrogen) atoms. The lowest BCUT2D eigenvalue weighted by molar-refractivity contribution is 0.102. The molecule has 0 saturated carbocycles. The number of aromatic nitrogens is 2. The number of carbonyl (C=O) groups excluding carboxylic acids is 1. The molecule has 4 heteroatoms. The molecule has 4 nitrogen and oxygen atoms in total. The summed E-state index contributed by atoms with van der Waals surface area (Å²) in [5.41, 5.74) is 9.65. The van der Waals surface area contributed by atoms with Crippen molar-refractivity contribution in [2.45, 2.75) is 20.8 Å². The van der Waals surface area contributed by atoms with Gasteiger partial charge in [-0.15, -0.1) is 0 Å². The van der Waals surface area contributed by atoms with Crippen LogP contribution in [0.4, 0.5) is 5.69 Å². The van der Waals surface area contributed by atoms with E-state index in [0.717, 1.165) is 39.3 Å². The minimum absolute atomic E-state index is 0.234. The summed E-state index contributed by atoms with van der Waals surface area (Å²) in [7, 11) is 0. The first kappa shape index (κ1) is 22.4. The molecule has 1 N–H and O–H groups in total. The smallest absolute Gasteiger partial charge is 0.276 e. The van der Waals surface area contributed by atoms with Gasteiger partial charge >= 0.3 is 0 Å². The number of benzene rings is 4. The number of anilines is 1. The van der Waals surface area contributed by atoms with Crippen LogP contribution in [-0.2, 0) is 0 Å². The summed E-state index contributed by atoms with van der Waals surface area (Å²) in [4.78, 5) is 13.2. The van der Waals surface area contributed by atoms with Crippen LogP contribution < -0.4 is 5.32 Å². The van der Waals surface area contributed by atoms with Gasteiger partial charge in [-0.05, 0) is 78.9 Å². The second-order valence-electron chi connectivity index (χ2n) is 8.86. The van der Waals surface area contributed by atoms with Crippen LogP contribution in [0.3, 0.4) is 0 Å². The minimum atomic E-state index is -0.234. The highest BCUT2D eigenvalue weighted by molar-refractivity contribution is 6.03. The van der Waals surface area contributed by atoms with Gasteiger partial charge in [0.1, 0.15) is 0 Å². The van der Waals surface area contributed by atoms with E-state index in [1.165, 1.54) is 11.1 Å². The number of aryl methyl sites for hydroxylation is 3. The number of nitrogens with one attached hydrogen (secondary N) is 1. The Hall–Kier alpha value is -4.44. The van der Waals surface area contributed by atoms with Crippen molar-refractivity contribution in [1.29, 1.82) is 0 Å². The molecule has 0 saturated heterocycles. The Labute approximate surface area is 205 Å². The molecule has 5 aromatic rings. The normalized spacial score (nSPS) is 10.8. The van der Waals surface area contributed by atoms with Gasteiger partial charge < -0.3 is 5.32 Å². The maximum atomic E-state index is 13.2. The fourth-order valence-electron chi connectivity index (χ4n) is 4.13. The first-order chi connectivity index (χ1) is 17.0. The Balaban J connectivity index is 1.53. The molecule has 1 heterocycles. The molecular formula is C31H27N3O. The maximum absolute atomic E-state index is 13.2. The Morgan fingerprint density at radius 3 is 2.11 bits per heavy atom. The lowest BCUT2D eigenvalue weighted by atomic mass is 10.0. The van der Waals surface area contributed by atoms with Gasteiger partial charge in [-0.3, -0.25) is 4.79 Å². The first-order valence-corrected chi connectivity index (χ1v) is 11.7. The summed E-state index contributed by atoms with van der Waals surface area (Å²) in [6.45, 7) is 6.14. The van der Waals surface area contributed by atoms with Crippen molar-refractivity contribution >= 4 is 11.6 Å². The largest absolute Gasteiger partial charge is 0.321 e. The Bertz CT molecular complexity index is 1500. The van der Waals surface area contributed by atoms with Gasteiger partial charge in [-0.25, -0.2) is 4.68 Å². The van der Waals surface area contributed by atoms with Crippen LogP contribution in [0.1, 0.15) is 27.2 Å². The van der Waals surface area contributed by atoms with Crippen molar-refractivity contribution in [2.75, 3.05) is 5.32 Å². The van der Waals surface area contributed by atoms with Gasteiger partial charge in [-0.1, -0.05) is 72.8 Å². The summed E-state index contributed by atoms with van der Waals surface area (Å²) < 4.78 is 1.85. The van der Waals surface area contributed by atoms with Gasteiger partial charge in [0.2, 0.25) is 0 Å². The maximum Gasteiger partial charge on any atom is 0.276 e. The minimum Gasteiger partial charge on any atom is -0.321 e.